The molecule has 0 aliphatic heterocycles. The van der Waals surface area contributed by atoms with Crippen molar-refractivity contribution in [3.8, 4) is 0 Å². The van der Waals surface area contributed by atoms with Crippen LogP contribution in [0.4, 0.5) is 0 Å². The Morgan fingerprint density at radius 2 is 1.95 bits per heavy atom. The van der Waals surface area contributed by atoms with E-state index in [9.17, 15) is 13.5 Å². The summed E-state index contributed by atoms with van der Waals surface area (Å²) in [5.74, 6) is 0.607. The highest BCUT2D eigenvalue weighted by Gasteiger charge is 2.33. The molecule has 20 heavy (non-hydrogen) atoms. The van der Waals surface area contributed by atoms with Crippen molar-refractivity contribution in [1.82, 2.24) is 4.72 Å². The van der Waals surface area contributed by atoms with Crippen molar-refractivity contribution >= 4 is 26.0 Å². The minimum Gasteiger partial charge on any atom is -0.389 e. The third-order valence-electron chi connectivity index (χ3n) is 3.92. The van der Waals surface area contributed by atoms with Crippen molar-refractivity contribution in [2.45, 2.75) is 43.1 Å². The molecule has 0 saturated heterocycles. The van der Waals surface area contributed by atoms with Gasteiger partial charge in [0, 0.05) is 11.0 Å². The van der Waals surface area contributed by atoms with Crippen LogP contribution in [0.25, 0.3) is 0 Å². The van der Waals surface area contributed by atoms with Crippen LogP contribution in [0.1, 0.15) is 32.6 Å². The molecule has 0 atom stereocenters. The summed E-state index contributed by atoms with van der Waals surface area (Å²) in [6, 6.07) is 6.67. The SMILES string of the molecule is CC1CCC(O)(CNS(=O)(=O)c2ccccc2Br)CC1. The Labute approximate surface area is 128 Å². The molecule has 2 rings (SSSR count). The quantitative estimate of drug-likeness (QED) is 0.866. The van der Waals surface area contributed by atoms with Gasteiger partial charge in [0.1, 0.15) is 0 Å². The molecule has 0 amide bonds. The highest BCUT2D eigenvalue weighted by Crippen LogP contribution is 2.31. The van der Waals surface area contributed by atoms with Gasteiger partial charge in [0.05, 0.1) is 10.5 Å². The van der Waals surface area contributed by atoms with E-state index in [0.29, 0.717) is 23.2 Å². The summed E-state index contributed by atoms with van der Waals surface area (Å²) < 4.78 is 27.6. The molecule has 0 spiro atoms. The lowest BCUT2D eigenvalue weighted by Gasteiger charge is -2.34. The van der Waals surface area contributed by atoms with Crippen LogP contribution < -0.4 is 4.72 Å². The van der Waals surface area contributed by atoms with Gasteiger partial charge in [-0.1, -0.05) is 19.1 Å². The van der Waals surface area contributed by atoms with E-state index in [1.165, 1.54) is 0 Å². The molecule has 112 valence electrons. The van der Waals surface area contributed by atoms with E-state index in [4.69, 9.17) is 0 Å². The maximum Gasteiger partial charge on any atom is 0.241 e. The lowest BCUT2D eigenvalue weighted by molar-refractivity contribution is -0.00183. The van der Waals surface area contributed by atoms with E-state index < -0.39 is 15.6 Å². The van der Waals surface area contributed by atoms with Crippen LogP contribution in [-0.2, 0) is 10.0 Å². The van der Waals surface area contributed by atoms with Crippen molar-refractivity contribution in [2.24, 2.45) is 5.92 Å². The molecule has 1 aromatic rings. The molecular weight excluding hydrogens is 342 g/mol. The molecule has 0 bridgehead atoms. The molecule has 1 fully saturated rings. The zero-order chi connectivity index (χ0) is 14.8. The van der Waals surface area contributed by atoms with Crippen molar-refractivity contribution in [2.75, 3.05) is 6.54 Å². The Morgan fingerprint density at radius 1 is 1.35 bits per heavy atom. The number of benzene rings is 1. The van der Waals surface area contributed by atoms with Crippen molar-refractivity contribution in [3.63, 3.8) is 0 Å². The summed E-state index contributed by atoms with van der Waals surface area (Å²) in [6.07, 6.45) is 3.17. The summed E-state index contributed by atoms with van der Waals surface area (Å²) in [5, 5.41) is 10.4. The second-order valence-corrected chi connectivity index (χ2v) is 8.25. The van der Waals surface area contributed by atoms with Crippen LogP contribution in [0.3, 0.4) is 0 Å². The number of aliphatic hydroxyl groups is 1. The van der Waals surface area contributed by atoms with E-state index >= 15 is 0 Å². The van der Waals surface area contributed by atoms with Gasteiger partial charge in [0.2, 0.25) is 10.0 Å². The fourth-order valence-corrected chi connectivity index (χ4v) is 4.57. The summed E-state index contributed by atoms with van der Waals surface area (Å²) in [5.41, 5.74) is -0.916. The predicted molar refractivity (Wildman–Crippen MR) is 81.9 cm³/mol. The summed E-state index contributed by atoms with van der Waals surface area (Å²) in [6.45, 7) is 2.23. The predicted octanol–water partition coefficient (Wildman–Crippen LogP) is 2.67. The van der Waals surface area contributed by atoms with Gasteiger partial charge in [-0.25, -0.2) is 13.1 Å². The van der Waals surface area contributed by atoms with Crippen LogP contribution in [0, 0.1) is 5.92 Å². The molecule has 0 aromatic heterocycles. The first-order chi connectivity index (χ1) is 9.32. The van der Waals surface area contributed by atoms with Crippen LogP contribution in [-0.4, -0.2) is 25.7 Å². The first-order valence-corrected chi connectivity index (χ1v) is 9.07. The highest BCUT2D eigenvalue weighted by molar-refractivity contribution is 9.10. The fourth-order valence-electron chi connectivity index (χ4n) is 2.45. The third-order valence-corrected chi connectivity index (χ3v) is 6.34. The van der Waals surface area contributed by atoms with Gasteiger partial charge in [-0.3, -0.25) is 0 Å². The van der Waals surface area contributed by atoms with Gasteiger partial charge in [-0.15, -0.1) is 0 Å². The number of nitrogens with one attached hydrogen (secondary N) is 1. The number of hydrogen-bond donors (Lipinski definition) is 2. The molecule has 1 aromatic carbocycles. The fraction of sp³-hybridized carbons (Fsp3) is 0.571. The highest BCUT2D eigenvalue weighted by atomic mass is 79.9. The minimum atomic E-state index is -3.60. The summed E-state index contributed by atoms with van der Waals surface area (Å²) in [4.78, 5) is 0.202. The summed E-state index contributed by atoms with van der Waals surface area (Å²) in [7, 11) is -3.60. The third kappa shape index (κ3) is 3.81. The molecule has 0 unspecified atom stereocenters. The van der Waals surface area contributed by atoms with Crippen molar-refractivity contribution in [3.05, 3.63) is 28.7 Å². The maximum atomic E-state index is 12.2. The van der Waals surface area contributed by atoms with E-state index in [0.717, 1.165) is 12.8 Å². The molecule has 6 heteroatoms. The van der Waals surface area contributed by atoms with Gasteiger partial charge in [0.25, 0.3) is 0 Å². The Bertz CT molecular complexity index is 566. The Balaban J connectivity index is 2.05. The Kier molecular flexibility index (Phi) is 4.89. The molecule has 0 radical (unpaired) electrons. The van der Waals surface area contributed by atoms with E-state index in [2.05, 4.69) is 27.6 Å². The lowest BCUT2D eigenvalue weighted by atomic mass is 9.80. The van der Waals surface area contributed by atoms with Gasteiger partial charge >= 0.3 is 0 Å². The monoisotopic (exact) mass is 361 g/mol. The van der Waals surface area contributed by atoms with Gasteiger partial charge in [-0.05, 0) is 59.7 Å². The van der Waals surface area contributed by atoms with Gasteiger partial charge < -0.3 is 5.11 Å². The van der Waals surface area contributed by atoms with Crippen molar-refractivity contribution in [1.29, 1.82) is 0 Å². The number of rotatable bonds is 4. The average molecular weight is 362 g/mol. The smallest absolute Gasteiger partial charge is 0.241 e. The first kappa shape index (κ1) is 15.9. The molecule has 4 nitrogen and oxygen atoms in total. The maximum absolute atomic E-state index is 12.2. The van der Waals surface area contributed by atoms with Crippen LogP contribution in [0.15, 0.2) is 33.6 Å². The Hall–Kier alpha value is -0.430. The molecule has 1 aliphatic carbocycles. The van der Waals surface area contributed by atoms with E-state index in [-0.39, 0.29) is 11.4 Å². The first-order valence-electron chi connectivity index (χ1n) is 6.79. The van der Waals surface area contributed by atoms with Crippen LogP contribution in [0.2, 0.25) is 0 Å². The Morgan fingerprint density at radius 3 is 2.55 bits per heavy atom. The molecule has 1 saturated carbocycles. The summed E-state index contributed by atoms with van der Waals surface area (Å²) >= 11 is 3.24. The zero-order valence-corrected chi connectivity index (χ0v) is 13.9. The molecule has 0 heterocycles. The molecule has 2 N–H and O–H groups in total. The van der Waals surface area contributed by atoms with Crippen LogP contribution >= 0.6 is 15.9 Å². The normalized spacial score (nSPS) is 27.4. The number of halogens is 1. The molecular formula is C14H20BrNO3S. The largest absolute Gasteiger partial charge is 0.389 e. The lowest BCUT2D eigenvalue weighted by Crippen LogP contribution is -2.45. The van der Waals surface area contributed by atoms with E-state index in [1.807, 2.05) is 0 Å². The van der Waals surface area contributed by atoms with Gasteiger partial charge in [-0.2, -0.15) is 0 Å². The standard InChI is InChI=1S/C14H20BrNO3S/c1-11-6-8-14(17,9-7-11)10-16-20(18,19)13-5-3-2-4-12(13)15/h2-5,11,16-17H,6-10H2,1H3. The minimum absolute atomic E-state index is 0.0728. The number of sulfonamides is 1. The van der Waals surface area contributed by atoms with Gasteiger partial charge in [0.15, 0.2) is 0 Å². The second-order valence-electron chi connectivity index (χ2n) is 5.66. The second kappa shape index (κ2) is 6.13. The number of hydrogen-bond acceptors (Lipinski definition) is 3. The average Bonchev–Trinajstić information content (AvgIpc) is 2.41. The van der Waals surface area contributed by atoms with Crippen molar-refractivity contribution < 1.29 is 13.5 Å². The molecule has 1 aliphatic rings. The van der Waals surface area contributed by atoms with Crippen LogP contribution in [0.5, 0.6) is 0 Å². The zero-order valence-electron chi connectivity index (χ0n) is 11.5. The topological polar surface area (TPSA) is 66.4 Å². The van der Waals surface area contributed by atoms with E-state index in [1.54, 1.807) is 24.3 Å².